The van der Waals surface area contributed by atoms with Crippen LogP contribution < -0.4 is 15.4 Å². The van der Waals surface area contributed by atoms with E-state index in [1.807, 2.05) is 36.2 Å². The van der Waals surface area contributed by atoms with Crippen LogP contribution in [0.5, 0.6) is 5.75 Å². The minimum Gasteiger partial charge on any atom is -0.497 e. The topological polar surface area (TPSA) is 87.7 Å². The third kappa shape index (κ3) is 4.29. The highest BCUT2D eigenvalue weighted by Gasteiger charge is 2.43. The molecule has 0 radical (unpaired) electrons. The van der Waals surface area contributed by atoms with Crippen molar-refractivity contribution in [1.29, 1.82) is 0 Å². The third-order valence-corrected chi connectivity index (χ3v) is 6.15. The molecule has 2 atom stereocenters. The molecule has 0 bridgehead atoms. The van der Waals surface area contributed by atoms with Crippen LogP contribution in [0.15, 0.2) is 59.6 Å². The van der Waals surface area contributed by atoms with Gasteiger partial charge in [-0.15, -0.1) is 0 Å². The number of amides is 2. The Kier molecular flexibility index (Phi) is 6.38. The number of ether oxygens (including phenoxy) is 1. The highest BCUT2D eigenvalue weighted by Crippen LogP contribution is 2.33. The summed E-state index contributed by atoms with van der Waals surface area (Å²) in [6.07, 6.45) is 2.43. The highest BCUT2D eigenvalue weighted by molar-refractivity contribution is 7.84. The van der Waals surface area contributed by atoms with Crippen LogP contribution in [-0.2, 0) is 22.9 Å². The largest absolute Gasteiger partial charge is 0.497 e. The summed E-state index contributed by atoms with van der Waals surface area (Å²) in [5, 5.41) is 5.74. The smallest absolute Gasteiger partial charge is 0.320 e. The van der Waals surface area contributed by atoms with Crippen molar-refractivity contribution in [2.75, 3.05) is 27.0 Å². The maximum Gasteiger partial charge on any atom is 0.320 e. The maximum absolute atomic E-state index is 12.1. The monoisotopic (exact) mass is 427 g/mol. The Balaban J connectivity index is 1.89. The van der Waals surface area contributed by atoms with Gasteiger partial charge in [0.2, 0.25) is 0 Å². The van der Waals surface area contributed by atoms with Crippen LogP contribution in [0.2, 0.25) is 0 Å². The Labute approximate surface area is 178 Å². The zero-order valence-corrected chi connectivity index (χ0v) is 18.0. The first-order valence-corrected chi connectivity index (χ1v) is 10.9. The molecule has 1 fully saturated rings. The van der Waals surface area contributed by atoms with E-state index >= 15 is 0 Å². The fraction of sp³-hybridized carbons (Fsp3) is 0.273. The van der Waals surface area contributed by atoms with Crippen molar-refractivity contribution in [2.24, 2.45) is 0 Å². The molecular weight excluding hydrogens is 402 g/mol. The van der Waals surface area contributed by atoms with E-state index in [4.69, 9.17) is 4.74 Å². The molecule has 2 unspecified atom stereocenters. The number of aldehydes is 1. The number of hydrogen-bond donors (Lipinski definition) is 2. The molecule has 30 heavy (non-hydrogen) atoms. The molecule has 8 heteroatoms. The van der Waals surface area contributed by atoms with E-state index in [2.05, 4.69) is 17.2 Å². The minimum atomic E-state index is -1.09. The number of rotatable bonds is 8. The summed E-state index contributed by atoms with van der Waals surface area (Å²) in [5.41, 5.74) is 1.92. The first kappa shape index (κ1) is 21.7. The van der Waals surface area contributed by atoms with Crippen molar-refractivity contribution in [1.82, 2.24) is 15.5 Å². The van der Waals surface area contributed by atoms with Gasteiger partial charge >= 0.3 is 6.03 Å². The van der Waals surface area contributed by atoms with Gasteiger partial charge in [-0.1, -0.05) is 24.8 Å². The van der Waals surface area contributed by atoms with Gasteiger partial charge in [-0.05, 0) is 42.4 Å². The van der Waals surface area contributed by atoms with Gasteiger partial charge in [-0.2, -0.15) is 0 Å². The fourth-order valence-electron chi connectivity index (χ4n) is 3.65. The summed E-state index contributed by atoms with van der Waals surface area (Å²) in [6, 6.07) is 12.3. The Bertz CT molecular complexity index is 1010. The summed E-state index contributed by atoms with van der Waals surface area (Å²) in [4.78, 5) is 26.3. The van der Waals surface area contributed by atoms with E-state index in [-0.39, 0.29) is 6.03 Å². The Morgan fingerprint density at radius 3 is 2.47 bits per heavy atom. The van der Waals surface area contributed by atoms with Crippen molar-refractivity contribution >= 4 is 23.1 Å². The lowest BCUT2D eigenvalue weighted by Gasteiger charge is -2.34. The van der Waals surface area contributed by atoms with Gasteiger partial charge in [0.25, 0.3) is 0 Å². The SMILES string of the molecule is C=C1NC(=O)NC1(CN(C)Cc1ccc(OC)cc1C=O)c1ccc(S(C)=O)cc1. The van der Waals surface area contributed by atoms with Crippen molar-refractivity contribution in [3.05, 3.63) is 71.4 Å². The van der Waals surface area contributed by atoms with Crippen LogP contribution in [-0.4, -0.2) is 48.4 Å². The van der Waals surface area contributed by atoms with Gasteiger partial charge in [-0.25, -0.2) is 4.79 Å². The zero-order valence-electron chi connectivity index (χ0n) is 17.2. The second kappa shape index (κ2) is 8.81. The first-order valence-electron chi connectivity index (χ1n) is 9.32. The van der Waals surface area contributed by atoms with Crippen molar-refractivity contribution in [3.8, 4) is 5.75 Å². The number of benzene rings is 2. The fourth-order valence-corrected chi connectivity index (χ4v) is 4.17. The minimum absolute atomic E-state index is 0.324. The van der Waals surface area contributed by atoms with E-state index in [1.54, 1.807) is 31.6 Å². The molecular formula is C22H25N3O4S. The summed E-state index contributed by atoms with van der Waals surface area (Å²) >= 11 is 0. The predicted molar refractivity (Wildman–Crippen MR) is 116 cm³/mol. The second-order valence-corrected chi connectivity index (χ2v) is 8.68. The number of carbonyl (C=O) groups excluding carboxylic acids is 2. The Morgan fingerprint density at radius 2 is 1.93 bits per heavy atom. The van der Waals surface area contributed by atoms with Gasteiger partial charge in [0.05, 0.1) is 7.11 Å². The van der Waals surface area contributed by atoms with Crippen molar-refractivity contribution in [3.63, 3.8) is 0 Å². The van der Waals surface area contributed by atoms with Crippen LogP contribution in [0.25, 0.3) is 0 Å². The first-order chi connectivity index (χ1) is 14.3. The molecule has 0 aliphatic carbocycles. The van der Waals surface area contributed by atoms with Gasteiger partial charge in [-0.3, -0.25) is 13.9 Å². The number of urea groups is 1. The molecule has 1 heterocycles. The van der Waals surface area contributed by atoms with Crippen LogP contribution in [0, 0.1) is 0 Å². The molecule has 1 aliphatic heterocycles. The molecule has 0 spiro atoms. The number of methoxy groups -OCH3 is 1. The summed E-state index contributed by atoms with van der Waals surface area (Å²) < 4.78 is 16.9. The normalized spacial score (nSPS) is 19.3. The summed E-state index contributed by atoms with van der Waals surface area (Å²) in [5.74, 6) is 0.619. The molecule has 2 aromatic rings. The molecule has 0 saturated carbocycles. The van der Waals surface area contributed by atoms with Gasteiger partial charge in [0.1, 0.15) is 11.3 Å². The number of likely N-dealkylation sites (N-methyl/N-ethyl adjacent to an activating group) is 1. The van der Waals surface area contributed by atoms with Gasteiger partial charge < -0.3 is 15.4 Å². The maximum atomic E-state index is 12.1. The lowest BCUT2D eigenvalue weighted by Crippen LogP contribution is -2.48. The standard InChI is InChI=1S/C22H25N3O4S/c1-15-22(24-21(27)23-15,18-6-9-20(10-7-18)30(4)28)14-25(2)12-16-5-8-19(29-3)11-17(16)13-26/h5-11,13H,1,12,14H2,2-4H3,(H2,23,24,27). The molecule has 7 nitrogen and oxygen atoms in total. The van der Waals surface area contributed by atoms with E-state index in [1.165, 1.54) is 0 Å². The van der Waals surface area contributed by atoms with E-state index < -0.39 is 16.3 Å². The summed E-state index contributed by atoms with van der Waals surface area (Å²) in [7, 11) is 2.38. The third-order valence-electron chi connectivity index (χ3n) is 5.21. The van der Waals surface area contributed by atoms with Crippen molar-refractivity contribution < 1.29 is 18.5 Å². The molecule has 2 amide bonds. The van der Waals surface area contributed by atoms with E-state index in [0.717, 1.165) is 17.4 Å². The number of nitrogens with zero attached hydrogens (tertiary/aromatic N) is 1. The lowest BCUT2D eigenvalue weighted by atomic mass is 9.87. The number of nitrogens with one attached hydrogen (secondary N) is 2. The van der Waals surface area contributed by atoms with Gasteiger partial charge in [0, 0.05) is 46.3 Å². The number of hydrogen-bond acceptors (Lipinski definition) is 5. The molecule has 0 aromatic heterocycles. The average Bonchev–Trinajstić information content (AvgIpc) is 3.01. The lowest BCUT2D eigenvalue weighted by molar-refractivity contribution is 0.112. The van der Waals surface area contributed by atoms with Crippen molar-refractivity contribution in [2.45, 2.75) is 17.0 Å². The highest BCUT2D eigenvalue weighted by atomic mass is 32.2. The van der Waals surface area contributed by atoms with Gasteiger partial charge in [0.15, 0.2) is 6.29 Å². The molecule has 1 aliphatic rings. The zero-order chi connectivity index (χ0) is 21.9. The van der Waals surface area contributed by atoms with E-state index in [9.17, 15) is 13.8 Å². The Hall–Kier alpha value is -2.97. The Morgan fingerprint density at radius 1 is 1.23 bits per heavy atom. The summed E-state index contributed by atoms with van der Waals surface area (Å²) in [6.45, 7) is 4.96. The molecule has 158 valence electrons. The molecule has 1 saturated heterocycles. The van der Waals surface area contributed by atoms with Crippen LogP contribution >= 0.6 is 0 Å². The molecule has 2 N–H and O–H groups in total. The second-order valence-electron chi connectivity index (χ2n) is 7.30. The average molecular weight is 428 g/mol. The van der Waals surface area contributed by atoms with Crippen LogP contribution in [0.3, 0.4) is 0 Å². The quantitative estimate of drug-likeness (QED) is 0.632. The number of carbonyl (C=O) groups is 2. The van der Waals surface area contributed by atoms with Crippen LogP contribution in [0.4, 0.5) is 4.79 Å². The molecule has 3 rings (SSSR count). The molecule has 2 aromatic carbocycles. The van der Waals surface area contributed by atoms with E-state index in [0.29, 0.717) is 35.0 Å². The predicted octanol–water partition coefficient (Wildman–Crippen LogP) is 2.40. The van der Waals surface area contributed by atoms with Crippen LogP contribution in [0.1, 0.15) is 21.5 Å².